The molecule has 0 fully saturated rings. The molecule has 0 spiro atoms. The van der Waals surface area contributed by atoms with Gasteiger partial charge in [0.05, 0.1) is 5.52 Å². The van der Waals surface area contributed by atoms with E-state index < -0.39 is 0 Å². The highest BCUT2D eigenvalue weighted by Gasteiger charge is 1.97. The highest BCUT2D eigenvalue weighted by atomic mass is 16.3. The Morgan fingerprint density at radius 2 is 1.86 bits per heavy atom. The fourth-order valence-corrected chi connectivity index (χ4v) is 1.28. The number of phenolic OH excluding ortho intramolecular Hbond substituents is 1. The van der Waals surface area contributed by atoms with Gasteiger partial charge < -0.3 is 5.11 Å². The predicted molar refractivity (Wildman–Crippen MR) is 59.5 cm³/mol. The average molecular weight is 189 g/mol. The molecule has 0 radical (unpaired) electrons. The van der Waals surface area contributed by atoms with E-state index in [-0.39, 0.29) is 5.75 Å². The van der Waals surface area contributed by atoms with Gasteiger partial charge in [0, 0.05) is 17.6 Å². The van der Waals surface area contributed by atoms with Crippen LogP contribution < -0.4 is 0 Å². The van der Waals surface area contributed by atoms with Crippen LogP contribution in [0.1, 0.15) is 19.4 Å². The van der Waals surface area contributed by atoms with Gasteiger partial charge >= 0.3 is 0 Å². The van der Waals surface area contributed by atoms with Crippen molar-refractivity contribution >= 4 is 10.9 Å². The third kappa shape index (κ3) is 2.02. The van der Waals surface area contributed by atoms with Crippen LogP contribution in [0.5, 0.6) is 5.75 Å². The van der Waals surface area contributed by atoms with E-state index in [0.29, 0.717) is 0 Å². The maximum absolute atomic E-state index is 9.18. The van der Waals surface area contributed by atoms with Crippen molar-refractivity contribution in [3.8, 4) is 5.75 Å². The van der Waals surface area contributed by atoms with Crippen molar-refractivity contribution in [2.75, 3.05) is 0 Å². The first-order chi connectivity index (χ1) is 6.77. The van der Waals surface area contributed by atoms with Crippen molar-refractivity contribution in [1.29, 1.82) is 0 Å². The van der Waals surface area contributed by atoms with E-state index in [1.54, 1.807) is 18.3 Å². The third-order valence-corrected chi connectivity index (χ3v) is 1.94. The van der Waals surface area contributed by atoms with E-state index in [4.69, 9.17) is 0 Å². The van der Waals surface area contributed by atoms with Crippen molar-refractivity contribution in [2.24, 2.45) is 0 Å². The molecule has 2 nitrogen and oxygen atoms in total. The maximum Gasteiger partial charge on any atom is 0.117 e. The molecule has 1 heterocycles. The first kappa shape index (κ1) is 10.5. The van der Waals surface area contributed by atoms with Crippen LogP contribution in [0.15, 0.2) is 30.5 Å². The summed E-state index contributed by atoms with van der Waals surface area (Å²) >= 11 is 0. The minimum atomic E-state index is 0.264. The molecule has 1 N–H and O–H groups in total. The summed E-state index contributed by atoms with van der Waals surface area (Å²) in [6.45, 7) is 6.03. The molecule has 1 aromatic heterocycles. The molecule has 14 heavy (non-hydrogen) atoms. The van der Waals surface area contributed by atoms with Gasteiger partial charge in [-0.2, -0.15) is 0 Å². The average Bonchev–Trinajstić information content (AvgIpc) is 2.21. The molecular weight excluding hydrogens is 174 g/mol. The Kier molecular flexibility index (Phi) is 3.46. The molecule has 2 heteroatoms. The number of aromatic hydroxyl groups is 1. The Hall–Kier alpha value is -1.57. The van der Waals surface area contributed by atoms with Crippen LogP contribution in [0, 0.1) is 6.92 Å². The number of benzene rings is 1. The first-order valence-electron chi connectivity index (χ1n) is 4.82. The Labute approximate surface area is 84.2 Å². The summed E-state index contributed by atoms with van der Waals surface area (Å²) in [6.07, 6.45) is 1.75. The van der Waals surface area contributed by atoms with Gasteiger partial charge in [-0.25, -0.2) is 0 Å². The molecule has 0 atom stereocenters. The van der Waals surface area contributed by atoms with Crippen molar-refractivity contribution in [3.63, 3.8) is 0 Å². The number of fused-ring (bicyclic) bond motifs is 1. The minimum Gasteiger partial charge on any atom is -0.508 e. The standard InChI is InChI=1S/C10H9NO.C2H6/c1-7-4-5-11-10-6-8(12)2-3-9(7)10;1-2/h2-6,12H,1H3;1-2H3. The maximum atomic E-state index is 9.18. The van der Waals surface area contributed by atoms with E-state index in [2.05, 4.69) is 4.98 Å². The lowest BCUT2D eigenvalue weighted by Gasteiger charge is -2.00. The van der Waals surface area contributed by atoms with Crippen LogP contribution >= 0.6 is 0 Å². The summed E-state index contributed by atoms with van der Waals surface area (Å²) in [6, 6.07) is 7.19. The van der Waals surface area contributed by atoms with E-state index in [9.17, 15) is 5.11 Å². The molecule has 0 aliphatic carbocycles. The second-order valence-electron chi connectivity index (χ2n) is 2.83. The molecule has 0 aliphatic rings. The van der Waals surface area contributed by atoms with Gasteiger partial charge in [0.25, 0.3) is 0 Å². The van der Waals surface area contributed by atoms with Crippen molar-refractivity contribution in [3.05, 3.63) is 36.0 Å². The highest BCUT2D eigenvalue weighted by molar-refractivity contribution is 5.82. The summed E-state index contributed by atoms with van der Waals surface area (Å²) < 4.78 is 0. The number of phenols is 1. The molecule has 74 valence electrons. The molecular formula is C12H15NO. The van der Waals surface area contributed by atoms with Crippen LogP contribution in [0.4, 0.5) is 0 Å². The van der Waals surface area contributed by atoms with Gasteiger partial charge in [0.15, 0.2) is 0 Å². The topological polar surface area (TPSA) is 33.1 Å². The van der Waals surface area contributed by atoms with Gasteiger partial charge in [-0.05, 0) is 30.7 Å². The fourth-order valence-electron chi connectivity index (χ4n) is 1.28. The Morgan fingerprint density at radius 1 is 1.14 bits per heavy atom. The van der Waals surface area contributed by atoms with Gasteiger partial charge in [-0.15, -0.1) is 0 Å². The van der Waals surface area contributed by atoms with Crippen molar-refractivity contribution in [2.45, 2.75) is 20.8 Å². The molecule has 0 saturated heterocycles. The lowest BCUT2D eigenvalue weighted by molar-refractivity contribution is 0.476. The lowest BCUT2D eigenvalue weighted by atomic mass is 10.1. The van der Waals surface area contributed by atoms with Gasteiger partial charge in [-0.3, -0.25) is 4.98 Å². The molecule has 0 unspecified atom stereocenters. The van der Waals surface area contributed by atoms with Crippen LogP contribution in [0.3, 0.4) is 0 Å². The predicted octanol–water partition coefficient (Wildman–Crippen LogP) is 3.28. The van der Waals surface area contributed by atoms with Crippen LogP contribution in [-0.4, -0.2) is 10.1 Å². The molecule has 2 aromatic rings. The Balaban J connectivity index is 0.000000461. The van der Waals surface area contributed by atoms with Crippen LogP contribution in [0.25, 0.3) is 10.9 Å². The summed E-state index contributed by atoms with van der Waals surface area (Å²) in [4.78, 5) is 4.14. The number of nitrogens with zero attached hydrogens (tertiary/aromatic N) is 1. The second-order valence-corrected chi connectivity index (χ2v) is 2.83. The second kappa shape index (κ2) is 4.61. The number of aromatic nitrogens is 1. The minimum absolute atomic E-state index is 0.264. The third-order valence-electron chi connectivity index (χ3n) is 1.94. The zero-order valence-electron chi connectivity index (χ0n) is 8.78. The van der Waals surface area contributed by atoms with Gasteiger partial charge in [0.2, 0.25) is 0 Å². The van der Waals surface area contributed by atoms with E-state index >= 15 is 0 Å². The zero-order chi connectivity index (χ0) is 10.6. The van der Waals surface area contributed by atoms with Crippen LogP contribution in [0.2, 0.25) is 0 Å². The normalized spacial score (nSPS) is 9.36. The number of aryl methyl sites for hydroxylation is 1. The SMILES string of the molecule is CC.Cc1ccnc2cc(O)ccc12. The van der Waals surface area contributed by atoms with Crippen molar-refractivity contribution < 1.29 is 5.11 Å². The molecule has 0 amide bonds. The molecule has 1 aromatic carbocycles. The Morgan fingerprint density at radius 3 is 2.57 bits per heavy atom. The quantitative estimate of drug-likeness (QED) is 0.690. The smallest absolute Gasteiger partial charge is 0.117 e. The summed E-state index contributed by atoms with van der Waals surface area (Å²) in [5, 5.41) is 10.3. The fraction of sp³-hybridized carbons (Fsp3) is 0.250. The largest absolute Gasteiger partial charge is 0.508 e. The molecule has 0 saturated carbocycles. The monoisotopic (exact) mass is 189 g/mol. The van der Waals surface area contributed by atoms with Crippen LogP contribution in [-0.2, 0) is 0 Å². The zero-order valence-corrected chi connectivity index (χ0v) is 8.78. The van der Waals surface area contributed by atoms with E-state index in [1.165, 1.54) is 5.56 Å². The summed E-state index contributed by atoms with van der Waals surface area (Å²) in [5.74, 6) is 0.264. The number of hydrogen-bond donors (Lipinski definition) is 1. The molecule has 0 bridgehead atoms. The van der Waals surface area contributed by atoms with E-state index in [1.807, 2.05) is 32.9 Å². The van der Waals surface area contributed by atoms with Gasteiger partial charge in [0.1, 0.15) is 5.75 Å². The number of rotatable bonds is 0. The molecule has 0 aliphatic heterocycles. The lowest BCUT2D eigenvalue weighted by Crippen LogP contribution is -1.80. The van der Waals surface area contributed by atoms with E-state index in [0.717, 1.165) is 10.9 Å². The number of pyridine rings is 1. The highest BCUT2D eigenvalue weighted by Crippen LogP contribution is 2.20. The summed E-state index contributed by atoms with van der Waals surface area (Å²) in [7, 11) is 0. The molecule has 2 rings (SSSR count). The Bertz CT molecular complexity index is 424. The summed E-state index contributed by atoms with van der Waals surface area (Å²) in [5.41, 5.74) is 2.02. The number of hydrogen-bond acceptors (Lipinski definition) is 2. The first-order valence-corrected chi connectivity index (χ1v) is 4.82. The van der Waals surface area contributed by atoms with Crippen molar-refractivity contribution in [1.82, 2.24) is 4.98 Å². The van der Waals surface area contributed by atoms with Gasteiger partial charge in [-0.1, -0.05) is 13.8 Å².